The normalized spacial score (nSPS) is 10.2. The zero-order chi connectivity index (χ0) is 12.0. The van der Waals surface area contributed by atoms with Gasteiger partial charge in [-0.15, -0.1) is 0 Å². The number of hydrogen-bond acceptors (Lipinski definition) is 5. The van der Waals surface area contributed by atoms with Crippen LogP contribution >= 0.6 is 0 Å². The Labute approximate surface area is 90.1 Å². The lowest BCUT2D eigenvalue weighted by atomic mass is 10.2. The lowest BCUT2D eigenvalue weighted by Crippen LogP contribution is -2.03. The van der Waals surface area contributed by atoms with Gasteiger partial charge in [0.2, 0.25) is 6.61 Å². The largest absolute Gasteiger partial charge is 0.479 e. The summed E-state index contributed by atoms with van der Waals surface area (Å²) in [4.78, 5) is 24.4. The molecule has 0 aromatic heterocycles. The molecule has 0 unspecified atom stereocenters. The molecule has 0 heterocycles. The Bertz CT molecular complexity index is 430. The molecule has 1 N–H and O–H groups in total. The third kappa shape index (κ3) is 3.74. The van der Waals surface area contributed by atoms with E-state index in [1.165, 1.54) is 24.4 Å². The Hall–Kier alpha value is -2.44. The summed E-state index contributed by atoms with van der Waals surface area (Å²) < 4.78 is 0. The molecule has 16 heavy (non-hydrogen) atoms. The standard InChI is InChI=1S/C9H8N2O5/c12-9(13)6-16-10-5-7-2-1-3-8(4-7)11(14)15/h1-5H,6H2,(H,12,13)/b10-5+. The number of non-ortho nitro benzene ring substituents is 1. The molecular weight excluding hydrogens is 216 g/mol. The van der Waals surface area contributed by atoms with E-state index >= 15 is 0 Å². The smallest absolute Gasteiger partial charge is 0.344 e. The van der Waals surface area contributed by atoms with E-state index in [9.17, 15) is 14.9 Å². The van der Waals surface area contributed by atoms with Crippen LogP contribution in [0.1, 0.15) is 5.56 Å². The van der Waals surface area contributed by atoms with Crippen LogP contribution < -0.4 is 0 Å². The molecule has 1 rings (SSSR count). The summed E-state index contributed by atoms with van der Waals surface area (Å²) in [6.07, 6.45) is 1.20. The van der Waals surface area contributed by atoms with Crippen molar-refractivity contribution in [2.45, 2.75) is 0 Å². The summed E-state index contributed by atoms with van der Waals surface area (Å²) in [6.45, 7) is -0.550. The third-order valence-corrected chi connectivity index (χ3v) is 1.55. The van der Waals surface area contributed by atoms with Crippen LogP contribution in [-0.4, -0.2) is 28.8 Å². The predicted molar refractivity (Wildman–Crippen MR) is 54.3 cm³/mol. The minimum atomic E-state index is -1.14. The van der Waals surface area contributed by atoms with E-state index in [4.69, 9.17) is 5.11 Å². The molecule has 1 aromatic rings. The molecule has 1 aromatic carbocycles. The quantitative estimate of drug-likeness (QED) is 0.457. The van der Waals surface area contributed by atoms with Crippen LogP contribution in [0.2, 0.25) is 0 Å². The minimum absolute atomic E-state index is 0.0674. The van der Waals surface area contributed by atoms with Gasteiger partial charge < -0.3 is 9.94 Å². The number of carboxylic acids is 1. The SMILES string of the molecule is O=C(O)CO/N=C/c1cccc([N+](=O)[O-])c1. The second-order valence-electron chi connectivity index (χ2n) is 2.75. The first-order valence-electron chi connectivity index (χ1n) is 4.21. The molecule has 0 saturated heterocycles. The number of carboxylic acid groups (broad SMARTS) is 1. The average Bonchev–Trinajstić information content (AvgIpc) is 2.24. The van der Waals surface area contributed by atoms with Crippen LogP contribution in [0.5, 0.6) is 0 Å². The molecule has 0 aliphatic carbocycles. The van der Waals surface area contributed by atoms with Gasteiger partial charge in [-0.1, -0.05) is 17.3 Å². The second kappa shape index (κ2) is 5.44. The molecule has 7 nitrogen and oxygen atoms in total. The molecular formula is C9H8N2O5. The lowest BCUT2D eigenvalue weighted by molar-refractivity contribution is -0.384. The van der Waals surface area contributed by atoms with Gasteiger partial charge in [0, 0.05) is 17.7 Å². The Morgan fingerprint density at radius 1 is 1.62 bits per heavy atom. The summed E-state index contributed by atoms with van der Waals surface area (Å²) in [5.74, 6) is -1.14. The van der Waals surface area contributed by atoms with E-state index in [1.807, 2.05) is 0 Å². The Balaban J connectivity index is 2.63. The van der Waals surface area contributed by atoms with Gasteiger partial charge in [0.15, 0.2) is 0 Å². The van der Waals surface area contributed by atoms with Gasteiger partial charge in [-0.25, -0.2) is 4.79 Å². The van der Waals surface area contributed by atoms with Crippen LogP contribution in [0.3, 0.4) is 0 Å². The number of benzene rings is 1. The second-order valence-corrected chi connectivity index (χ2v) is 2.75. The van der Waals surface area contributed by atoms with Crippen LogP contribution in [0.25, 0.3) is 0 Å². The fraction of sp³-hybridized carbons (Fsp3) is 0.111. The first kappa shape index (κ1) is 11.6. The van der Waals surface area contributed by atoms with E-state index in [0.29, 0.717) is 5.56 Å². The van der Waals surface area contributed by atoms with E-state index in [0.717, 1.165) is 0 Å². The fourth-order valence-electron chi connectivity index (χ4n) is 0.909. The number of aliphatic carboxylic acids is 1. The zero-order valence-electron chi connectivity index (χ0n) is 8.07. The van der Waals surface area contributed by atoms with Gasteiger partial charge in [-0.3, -0.25) is 10.1 Å². The lowest BCUT2D eigenvalue weighted by Gasteiger charge is -1.94. The average molecular weight is 224 g/mol. The highest BCUT2D eigenvalue weighted by molar-refractivity contribution is 5.80. The van der Waals surface area contributed by atoms with E-state index in [-0.39, 0.29) is 5.69 Å². The molecule has 0 saturated carbocycles. The first-order valence-corrected chi connectivity index (χ1v) is 4.21. The number of carbonyl (C=O) groups is 1. The molecule has 0 amide bonds. The van der Waals surface area contributed by atoms with Crippen molar-refractivity contribution in [3.8, 4) is 0 Å². The molecule has 0 bridgehead atoms. The van der Waals surface area contributed by atoms with Crippen molar-refractivity contribution in [1.82, 2.24) is 0 Å². The number of hydrogen-bond donors (Lipinski definition) is 1. The Kier molecular flexibility index (Phi) is 3.96. The fourth-order valence-corrected chi connectivity index (χ4v) is 0.909. The van der Waals surface area contributed by atoms with Gasteiger partial charge in [0.25, 0.3) is 5.69 Å². The predicted octanol–water partition coefficient (Wildman–Crippen LogP) is 1.03. The molecule has 0 aliphatic rings. The van der Waals surface area contributed by atoms with E-state index in [2.05, 4.69) is 9.99 Å². The van der Waals surface area contributed by atoms with Gasteiger partial charge in [0.1, 0.15) is 0 Å². The van der Waals surface area contributed by atoms with Crippen molar-refractivity contribution in [3.05, 3.63) is 39.9 Å². The van der Waals surface area contributed by atoms with Crippen molar-refractivity contribution in [3.63, 3.8) is 0 Å². The highest BCUT2D eigenvalue weighted by Crippen LogP contribution is 2.11. The van der Waals surface area contributed by atoms with Crippen molar-refractivity contribution in [2.24, 2.45) is 5.16 Å². The summed E-state index contributed by atoms with van der Waals surface area (Å²) in [6, 6.07) is 5.72. The number of rotatable bonds is 5. The maximum atomic E-state index is 10.4. The van der Waals surface area contributed by atoms with Crippen molar-refractivity contribution in [2.75, 3.05) is 6.61 Å². The molecule has 0 aliphatic heterocycles. The molecule has 0 radical (unpaired) electrons. The summed E-state index contributed by atoms with van der Waals surface area (Å²) >= 11 is 0. The number of nitro benzene ring substituents is 1. The Morgan fingerprint density at radius 3 is 3.00 bits per heavy atom. The Morgan fingerprint density at radius 2 is 2.38 bits per heavy atom. The maximum absolute atomic E-state index is 10.4. The van der Waals surface area contributed by atoms with E-state index in [1.54, 1.807) is 6.07 Å². The first-order chi connectivity index (χ1) is 7.59. The number of nitrogens with zero attached hydrogens (tertiary/aromatic N) is 2. The summed E-state index contributed by atoms with van der Waals surface area (Å²) in [7, 11) is 0. The van der Waals surface area contributed by atoms with Crippen LogP contribution in [0.4, 0.5) is 5.69 Å². The van der Waals surface area contributed by atoms with Gasteiger partial charge >= 0.3 is 5.97 Å². The highest BCUT2D eigenvalue weighted by atomic mass is 16.6. The highest BCUT2D eigenvalue weighted by Gasteiger charge is 2.03. The number of oxime groups is 1. The maximum Gasteiger partial charge on any atom is 0.344 e. The van der Waals surface area contributed by atoms with Crippen molar-refractivity contribution < 1.29 is 19.7 Å². The van der Waals surface area contributed by atoms with Gasteiger partial charge in [0.05, 0.1) is 11.1 Å². The molecule has 0 atom stereocenters. The van der Waals surface area contributed by atoms with Gasteiger partial charge in [-0.05, 0) is 0 Å². The minimum Gasteiger partial charge on any atom is -0.479 e. The van der Waals surface area contributed by atoms with Gasteiger partial charge in [-0.2, -0.15) is 0 Å². The molecule has 0 fully saturated rings. The molecule has 0 spiro atoms. The summed E-state index contributed by atoms with van der Waals surface area (Å²) in [5.41, 5.74) is 0.391. The zero-order valence-corrected chi connectivity index (χ0v) is 8.07. The van der Waals surface area contributed by atoms with Crippen molar-refractivity contribution >= 4 is 17.9 Å². The molecule has 84 valence electrons. The number of nitro groups is 1. The van der Waals surface area contributed by atoms with Crippen LogP contribution in [0.15, 0.2) is 29.4 Å². The summed E-state index contributed by atoms with van der Waals surface area (Å²) in [5, 5.41) is 22.0. The van der Waals surface area contributed by atoms with E-state index < -0.39 is 17.5 Å². The topological polar surface area (TPSA) is 102 Å². The van der Waals surface area contributed by atoms with Crippen LogP contribution in [-0.2, 0) is 9.63 Å². The third-order valence-electron chi connectivity index (χ3n) is 1.55. The monoisotopic (exact) mass is 224 g/mol. The van der Waals surface area contributed by atoms with Crippen LogP contribution in [0, 0.1) is 10.1 Å². The van der Waals surface area contributed by atoms with Crippen molar-refractivity contribution in [1.29, 1.82) is 0 Å². The molecule has 7 heteroatoms.